The van der Waals surface area contributed by atoms with Crippen LogP contribution in [0.5, 0.6) is 0 Å². The van der Waals surface area contributed by atoms with E-state index in [0.29, 0.717) is 6.04 Å². The van der Waals surface area contributed by atoms with Gasteiger partial charge in [-0.05, 0) is 44.2 Å². The van der Waals surface area contributed by atoms with E-state index < -0.39 is 0 Å². The molecule has 4 rings (SSSR count). The number of hydrogen-bond acceptors (Lipinski definition) is 6. The van der Waals surface area contributed by atoms with Gasteiger partial charge in [-0.15, -0.1) is 0 Å². The van der Waals surface area contributed by atoms with Gasteiger partial charge in [0.25, 0.3) is 0 Å². The maximum atomic E-state index is 5.32. The third-order valence-electron chi connectivity index (χ3n) is 5.47. The highest BCUT2D eigenvalue weighted by atomic mass is 16.5. The van der Waals surface area contributed by atoms with E-state index in [1.165, 1.54) is 5.69 Å². The molecule has 0 unspecified atom stereocenters. The zero-order valence-electron chi connectivity index (χ0n) is 16.8. The third kappa shape index (κ3) is 4.09. The molecule has 28 heavy (non-hydrogen) atoms. The molecule has 0 amide bonds. The number of imidazole rings is 1. The predicted octanol–water partition coefficient (Wildman–Crippen LogP) is 3.48. The Kier molecular flexibility index (Phi) is 5.43. The molecule has 0 radical (unpaired) electrons. The summed E-state index contributed by atoms with van der Waals surface area (Å²) in [6, 6.07) is 9.25. The van der Waals surface area contributed by atoms with E-state index in [9.17, 15) is 0 Å². The Morgan fingerprint density at radius 1 is 1.14 bits per heavy atom. The second-order valence-electron chi connectivity index (χ2n) is 7.82. The lowest BCUT2D eigenvalue weighted by atomic mass is 10.0. The van der Waals surface area contributed by atoms with Gasteiger partial charge in [0.05, 0.1) is 12.9 Å². The predicted molar refractivity (Wildman–Crippen MR) is 109 cm³/mol. The molecule has 0 atom stereocenters. The van der Waals surface area contributed by atoms with Gasteiger partial charge in [0, 0.05) is 48.8 Å². The van der Waals surface area contributed by atoms with Crippen molar-refractivity contribution in [2.24, 2.45) is 0 Å². The summed E-state index contributed by atoms with van der Waals surface area (Å²) in [5.74, 6) is 1.77. The zero-order valence-corrected chi connectivity index (χ0v) is 16.8. The summed E-state index contributed by atoms with van der Waals surface area (Å²) < 4.78 is 7.35. The Balaban J connectivity index is 1.31. The first-order valence-electron chi connectivity index (χ1n) is 9.96. The molecule has 0 saturated carbocycles. The Bertz CT molecular complexity index is 863. The summed E-state index contributed by atoms with van der Waals surface area (Å²) in [5.41, 5.74) is 2.42. The van der Waals surface area contributed by atoms with Crippen LogP contribution in [-0.2, 0) is 6.54 Å². The molecule has 2 aromatic heterocycles. The van der Waals surface area contributed by atoms with E-state index in [0.717, 1.165) is 49.9 Å². The molecule has 1 aromatic carbocycles. The number of hydrogen-bond donors (Lipinski definition) is 0. The Morgan fingerprint density at radius 2 is 1.86 bits per heavy atom. The van der Waals surface area contributed by atoms with Crippen LogP contribution in [-0.4, -0.2) is 50.8 Å². The number of piperidine rings is 1. The van der Waals surface area contributed by atoms with Crippen molar-refractivity contribution in [1.29, 1.82) is 0 Å². The van der Waals surface area contributed by atoms with Crippen molar-refractivity contribution in [3.8, 4) is 5.69 Å². The largest absolute Gasteiger partial charge is 0.371 e. The van der Waals surface area contributed by atoms with E-state index in [2.05, 4.69) is 70.1 Å². The molecular weight excluding hydrogens is 352 g/mol. The molecule has 3 aromatic rings. The first kappa shape index (κ1) is 18.7. The van der Waals surface area contributed by atoms with E-state index in [4.69, 9.17) is 4.52 Å². The lowest BCUT2D eigenvalue weighted by Gasteiger charge is -2.37. The Morgan fingerprint density at radius 3 is 2.46 bits per heavy atom. The molecule has 1 fully saturated rings. The van der Waals surface area contributed by atoms with Crippen LogP contribution in [0.3, 0.4) is 0 Å². The lowest BCUT2D eigenvalue weighted by molar-refractivity contribution is 0.194. The van der Waals surface area contributed by atoms with Crippen molar-refractivity contribution in [1.82, 2.24) is 24.6 Å². The van der Waals surface area contributed by atoms with Crippen LogP contribution in [0, 0.1) is 0 Å². The Labute approximate surface area is 166 Å². The Hall–Kier alpha value is -2.67. The smallest absolute Gasteiger partial charge is 0.229 e. The highest BCUT2D eigenvalue weighted by molar-refractivity contribution is 5.51. The normalized spacial score (nSPS) is 15.7. The number of aromatic nitrogens is 4. The van der Waals surface area contributed by atoms with E-state index in [1.807, 2.05) is 17.1 Å². The van der Waals surface area contributed by atoms with Gasteiger partial charge in [0.1, 0.15) is 0 Å². The molecule has 0 bridgehead atoms. The minimum absolute atomic E-state index is 0.273. The summed E-state index contributed by atoms with van der Waals surface area (Å²) in [6.07, 6.45) is 7.85. The summed E-state index contributed by atoms with van der Waals surface area (Å²) in [6.45, 7) is 6.99. The van der Waals surface area contributed by atoms with Crippen molar-refractivity contribution in [3.05, 3.63) is 54.7 Å². The van der Waals surface area contributed by atoms with Crippen LogP contribution in [0.2, 0.25) is 0 Å². The average molecular weight is 380 g/mol. The highest BCUT2D eigenvalue weighted by Gasteiger charge is 2.24. The van der Waals surface area contributed by atoms with Gasteiger partial charge >= 0.3 is 0 Å². The van der Waals surface area contributed by atoms with Gasteiger partial charge in [-0.2, -0.15) is 4.98 Å². The molecule has 7 nitrogen and oxygen atoms in total. The lowest BCUT2D eigenvalue weighted by Crippen LogP contribution is -2.43. The molecule has 0 N–H and O–H groups in total. The van der Waals surface area contributed by atoms with E-state index in [1.54, 1.807) is 6.20 Å². The number of rotatable bonds is 6. The molecule has 0 spiro atoms. The highest BCUT2D eigenvalue weighted by Crippen LogP contribution is 2.24. The number of benzene rings is 1. The fraction of sp³-hybridized carbons (Fsp3) is 0.476. The summed E-state index contributed by atoms with van der Waals surface area (Å²) in [5, 5.41) is 4.12. The van der Waals surface area contributed by atoms with Gasteiger partial charge in [0.2, 0.25) is 5.89 Å². The first-order valence-corrected chi connectivity index (χ1v) is 9.96. The van der Waals surface area contributed by atoms with Gasteiger partial charge in [-0.3, -0.25) is 4.90 Å². The quantitative estimate of drug-likeness (QED) is 0.652. The van der Waals surface area contributed by atoms with E-state index in [-0.39, 0.29) is 5.92 Å². The molecular formula is C21H28N6O. The van der Waals surface area contributed by atoms with Crippen LogP contribution in [0.15, 0.2) is 47.5 Å². The maximum absolute atomic E-state index is 5.32. The fourth-order valence-corrected chi connectivity index (χ4v) is 3.73. The van der Waals surface area contributed by atoms with Crippen molar-refractivity contribution in [2.75, 3.05) is 25.0 Å². The average Bonchev–Trinajstić information content (AvgIpc) is 3.40. The molecule has 1 saturated heterocycles. The van der Waals surface area contributed by atoms with Crippen molar-refractivity contribution in [2.45, 2.75) is 45.2 Å². The second-order valence-corrected chi connectivity index (χ2v) is 7.82. The minimum atomic E-state index is 0.273. The first-order chi connectivity index (χ1) is 13.6. The zero-order chi connectivity index (χ0) is 19.5. The molecule has 7 heteroatoms. The van der Waals surface area contributed by atoms with Crippen LogP contribution >= 0.6 is 0 Å². The maximum Gasteiger partial charge on any atom is 0.229 e. The van der Waals surface area contributed by atoms with Crippen molar-refractivity contribution >= 4 is 5.69 Å². The molecule has 1 aliphatic rings. The summed E-state index contributed by atoms with van der Waals surface area (Å²) >= 11 is 0. The summed E-state index contributed by atoms with van der Waals surface area (Å²) in [4.78, 5) is 13.4. The molecule has 148 valence electrons. The van der Waals surface area contributed by atoms with Crippen LogP contribution in [0.1, 0.15) is 44.3 Å². The fourth-order valence-electron chi connectivity index (χ4n) is 3.73. The molecule has 3 heterocycles. The summed E-state index contributed by atoms with van der Waals surface area (Å²) in [7, 11) is 2.16. The monoisotopic (exact) mass is 380 g/mol. The van der Waals surface area contributed by atoms with Gasteiger partial charge in [-0.25, -0.2) is 4.98 Å². The SMILES string of the molecule is CC(C)c1nc(CN(C)C2CCN(c3ccc(-n4ccnc4)cc3)CC2)no1. The molecule has 1 aliphatic heterocycles. The van der Waals surface area contributed by atoms with Crippen molar-refractivity contribution < 1.29 is 4.52 Å². The second kappa shape index (κ2) is 8.14. The van der Waals surface area contributed by atoms with Crippen molar-refractivity contribution in [3.63, 3.8) is 0 Å². The van der Waals surface area contributed by atoms with Gasteiger partial charge in [-0.1, -0.05) is 19.0 Å². The van der Waals surface area contributed by atoms with Crippen LogP contribution < -0.4 is 4.90 Å². The van der Waals surface area contributed by atoms with E-state index >= 15 is 0 Å². The number of anilines is 1. The topological polar surface area (TPSA) is 63.2 Å². The standard InChI is InChI=1S/C21H28N6O/c1-16(2)21-23-20(24-28-21)14-25(3)17-8-11-26(12-9-17)18-4-6-19(7-5-18)27-13-10-22-15-27/h4-7,10,13,15-17H,8-9,11-12,14H2,1-3H3. The van der Waals surface area contributed by atoms with Crippen LogP contribution in [0.25, 0.3) is 5.69 Å². The third-order valence-corrected chi connectivity index (χ3v) is 5.47. The minimum Gasteiger partial charge on any atom is -0.371 e. The van der Waals surface area contributed by atoms with Crippen LogP contribution in [0.4, 0.5) is 5.69 Å². The van der Waals surface area contributed by atoms with Gasteiger partial charge in [0.15, 0.2) is 5.82 Å². The number of nitrogens with zero attached hydrogens (tertiary/aromatic N) is 6. The molecule has 0 aliphatic carbocycles. The van der Waals surface area contributed by atoms with Gasteiger partial charge < -0.3 is 14.0 Å².